The van der Waals surface area contributed by atoms with Crippen molar-refractivity contribution in [3.05, 3.63) is 41.0 Å². The average molecular weight is 280 g/mol. The van der Waals surface area contributed by atoms with Crippen LogP contribution in [0.1, 0.15) is 5.56 Å². The molecule has 0 saturated heterocycles. The summed E-state index contributed by atoms with van der Waals surface area (Å²) in [6.07, 6.45) is 0.864. The molecule has 0 aliphatic rings. The minimum atomic E-state index is 0.0826. The summed E-state index contributed by atoms with van der Waals surface area (Å²) >= 11 is 5.77. The summed E-state index contributed by atoms with van der Waals surface area (Å²) < 4.78 is 10.6. The van der Waals surface area contributed by atoms with E-state index in [-0.39, 0.29) is 11.1 Å². The summed E-state index contributed by atoms with van der Waals surface area (Å²) in [5.41, 5.74) is 6.67. The molecule has 0 fully saturated rings. The van der Waals surface area contributed by atoms with E-state index in [4.69, 9.17) is 26.8 Å². The van der Waals surface area contributed by atoms with Crippen molar-refractivity contribution in [2.24, 2.45) is 0 Å². The minimum absolute atomic E-state index is 0.0826. The lowest BCUT2D eigenvalue weighted by molar-refractivity contribution is 0.202. The Morgan fingerprint density at radius 3 is 2.58 bits per heavy atom. The van der Waals surface area contributed by atoms with Crippen molar-refractivity contribution >= 4 is 17.5 Å². The highest BCUT2D eigenvalue weighted by Gasteiger charge is 2.03. The quantitative estimate of drug-likeness (QED) is 0.852. The van der Waals surface area contributed by atoms with Gasteiger partial charge in [0.25, 0.3) is 0 Å². The standard InChI is InChI=1S/C13H14ClN3O2/c1-18-7-6-9-2-4-10(5-3-9)19-12-8-11(14)16-13(15)17-12/h2-5,8H,6-7H2,1H3,(H2,15,16,17). The fraction of sp³-hybridized carbons (Fsp3) is 0.231. The predicted octanol–water partition coefficient (Wildman–Crippen LogP) is 2.69. The molecule has 0 radical (unpaired) electrons. The van der Waals surface area contributed by atoms with Crippen molar-refractivity contribution in [3.63, 3.8) is 0 Å². The van der Waals surface area contributed by atoms with Gasteiger partial charge in [0.15, 0.2) is 0 Å². The zero-order valence-electron chi connectivity index (χ0n) is 10.5. The predicted molar refractivity (Wildman–Crippen MR) is 73.6 cm³/mol. The molecule has 0 aliphatic heterocycles. The highest BCUT2D eigenvalue weighted by atomic mass is 35.5. The van der Waals surface area contributed by atoms with Crippen LogP contribution in [0.3, 0.4) is 0 Å². The molecule has 0 bridgehead atoms. The van der Waals surface area contributed by atoms with Crippen molar-refractivity contribution in [1.82, 2.24) is 9.97 Å². The second-order valence-electron chi connectivity index (χ2n) is 3.88. The topological polar surface area (TPSA) is 70.3 Å². The molecule has 1 aromatic heterocycles. The molecule has 5 nitrogen and oxygen atoms in total. The van der Waals surface area contributed by atoms with Gasteiger partial charge in [-0.3, -0.25) is 0 Å². The van der Waals surface area contributed by atoms with Gasteiger partial charge in [0.2, 0.25) is 11.8 Å². The van der Waals surface area contributed by atoms with E-state index in [0.717, 1.165) is 6.42 Å². The molecule has 1 aromatic carbocycles. The fourth-order valence-corrected chi connectivity index (χ4v) is 1.71. The smallest absolute Gasteiger partial charge is 0.225 e. The van der Waals surface area contributed by atoms with Gasteiger partial charge in [-0.25, -0.2) is 4.98 Å². The third-order valence-electron chi connectivity index (χ3n) is 2.43. The first kappa shape index (κ1) is 13.6. The second-order valence-corrected chi connectivity index (χ2v) is 4.26. The van der Waals surface area contributed by atoms with Crippen LogP contribution in [-0.4, -0.2) is 23.7 Å². The average Bonchev–Trinajstić information content (AvgIpc) is 2.37. The molecule has 6 heteroatoms. The first-order chi connectivity index (χ1) is 9.17. The third kappa shape index (κ3) is 4.08. The summed E-state index contributed by atoms with van der Waals surface area (Å²) in [5.74, 6) is 1.07. The molecule has 1 heterocycles. The number of aromatic nitrogens is 2. The maximum absolute atomic E-state index is 5.77. The lowest BCUT2D eigenvalue weighted by Crippen LogP contribution is -1.97. The van der Waals surface area contributed by atoms with Gasteiger partial charge in [0, 0.05) is 13.2 Å². The highest BCUT2D eigenvalue weighted by molar-refractivity contribution is 6.29. The Morgan fingerprint density at radius 2 is 1.95 bits per heavy atom. The van der Waals surface area contributed by atoms with Crippen molar-refractivity contribution < 1.29 is 9.47 Å². The molecule has 0 unspecified atom stereocenters. The Bertz CT molecular complexity index is 526. The van der Waals surface area contributed by atoms with Gasteiger partial charge < -0.3 is 15.2 Å². The van der Waals surface area contributed by atoms with Crippen LogP contribution < -0.4 is 10.5 Å². The Morgan fingerprint density at radius 1 is 1.21 bits per heavy atom. The van der Waals surface area contributed by atoms with Gasteiger partial charge in [-0.15, -0.1) is 0 Å². The number of rotatable bonds is 5. The van der Waals surface area contributed by atoms with Crippen LogP contribution in [0, 0.1) is 0 Å². The van der Waals surface area contributed by atoms with Gasteiger partial charge in [-0.2, -0.15) is 4.98 Å². The molecule has 0 spiro atoms. The molecular formula is C13H14ClN3O2. The lowest BCUT2D eigenvalue weighted by atomic mass is 10.1. The Balaban J connectivity index is 2.06. The molecule has 100 valence electrons. The lowest BCUT2D eigenvalue weighted by Gasteiger charge is -2.06. The minimum Gasteiger partial charge on any atom is -0.439 e. The molecular weight excluding hydrogens is 266 g/mol. The van der Waals surface area contributed by atoms with Gasteiger partial charge in [-0.05, 0) is 24.1 Å². The zero-order chi connectivity index (χ0) is 13.7. The van der Waals surface area contributed by atoms with Gasteiger partial charge >= 0.3 is 0 Å². The maximum Gasteiger partial charge on any atom is 0.225 e. The SMILES string of the molecule is COCCc1ccc(Oc2cc(Cl)nc(N)n2)cc1. The van der Waals surface area contributed by atoms with Crippen LogP contribution in [0.25, 0.3) is 0 Å². The first-order valence-corrected chi connectivity index (χ1v) is 6.11. The third-order valence-corrected chi connectivity index (χ3v) is 2.62. The molecule has 0 atom stereocenters. The molecule has 2 N–H and O–H groups in total. The first-order valence-electron chi connectivity index (χ1n) is 5.73. The Kier molecular flexibility index (Phi) is 4.54. The Hall–Kier alpha value is -1.85. The summed E-state index contributed by atoms with van der Waals surface area (Å²) in [6, 6.07) is 9.17. The summed E-state index contributed by atoms with van der Waals surface area (Å²) in [7, 11) is 1.68. The van der Waals surface area contributed by atoms with Crippen molar-refractivity contribution in [2.45, 2.75) is 6.42 Å². The molecule has 0 saturated carbocycles. The molecule has 19 heavy (non-hydrogen) atoms. The fourth-order valence-electron chi connectivity index (χ4n) is 1.53. The van der Waals surface area contributed by atoms with E-state index >= 15 is 0 Å². The van der Waals surface area contributed by atoms with E-state index in [9.17, 15) is 0 Å². The molecule has 0 amide bonds. The number of nitrogens with two attached hydrogens (primary N) is 1. The van der Waals surface area contributed by atoms with Crippen molar-refractivity contribution in [1.29, 1.82) is 0 Å². The maximum atomic E-state index is 5.77. The van der Waals surface area contributed by atoms with Gasteiger partial charge in [0.05, 0.1) is 6.61 Å². The van der Waals surface area contributed by atoms with Gasteiger partial charge in [0.1, 0.15) is 10.9 Å². The van der Waals surface area contributed by atoms with E-state index < -0.39 is 0 Å². The van der Waals surface area contributed by atoms with Crippen molar-refractivity contribution in [2.75, 3.05) is 19.5 Å². The van der Waals surface area contributed by atoms with E-state index in [0.29, 0.717) is 18.2 Å². The zero-order valence-corrected chi connectivity index (χ0v) is 11.2. The highest BCUT2D eigenvalue weighted by Crippen LogP contribution is 2.22. The number of hydrogen-bond acceptors (Lipinski definition) is 5. The Labute approximate surface area is 116 Å². The van der Waals surface area contributed by atoms with Crippen LogP contribution in [0.5, 0.6) is 11.6 Å². The molecule has 2 rings (SSSR count). The number of methoxy groups -OCH3 is 1. The van der Waals surface area contributed by atoms with E-state index in [1.54, 1.807) is 7.11 Å². The van der Waals surface area contributed by atoms with Crippen LogP contribution in [0.2, 0.25) is 5.15 Å². The number of ether oxygens (including phenoxy) is 2. The molecule has 0 aliphatic carbocycles. The van der Waals surface area contributed by atoms with Crippen LogP contribution in [0.15, 0.2) is 30.3 Å². The number of anilines is 1. The van der Waals surface area contributed by atoms with E-state index in [1.165, 1.54) is 11.6 Å². The number of nitrogens with zero attached hydrogens (tertiary/aromatic N) is 2. The van der Waals surface area contributed by atoms with Crippen LogP contribution in [0.4, 0.5) is 5.95 Å². The van der Waals surface area contributed by atoms with Gasteiger partial charge in [-0.1, -0.05) is 23.7 Å². The summed E-state index contributed by atoms with van der Waals surface area (Å²) in [4.78, 5) is 7.70. The second kappa shape index (κ2) is 6.36. The number of halogens is 1. The van der Waals surface area contributed by atoms with E-state index in [2.05, 4.69) is 9.97 Å². The number of hydrogen-bond donors (Lipinski definition) is 1. The van der Waals surface area contributed by atoms with Crippen LogP contribution in [-0.2, 0) is 11.2 Å². The number of nitrogen functional groups attached to an aromatic ring is 1. The summed E-state index contributed by atoms with van der Waals surface area (Å²) in [6.45, 7) is 0.693. The summed E-state index contributed by atoms with van der Waals surface area (Å²) in [5, 5.41) is 0.249. The number of benzene rings is 1. The van der Waals surface area contributed by atoms with E-state index in [1.807, 2.05) is 24.3 Å². The normalized spacial score (nSPS) is 10.4. The van der Waals surface area contributed by atoms with Crippen LogP contribution >= 0.6 is 11.6 Å². The largest absolute Gasteiger partial charge is 0.439 e. The monoisotopic (exact) mass is 279 g/mol. The molecule has 2 aromatic rings. The van der Waals surface area contributed by atoms with Crippen molar-refractivity contribution in [3.8, 4) is 11.6 Å².